The molecule has 0 saturated heterocycles. The van der Waals surface area contributed by atoms with E-state index in [1.54, 1.807) is 43.9 Å². The lowest BCUT2D eigenvalue weighted by Crippen LogP contribution is -2.04. The molecule has 0 bridgehead atoms. The maximum atomic E-state index is 11.1. The third-order valence-electron chi connectivity index (χ3n) is 3.25. The van der Waals surface area contributed by atoms with Crippen LogP contribution >= 0.6 is 0 Å². The quantitative estimate of drug-likeness (QED) is 0.706. The highest BCUT2D eigenvalue weighted by atomic mass is 16.5. The molecule has 3 rings (SSSR count). The highest BCUT2D eigenvalue weighted by molar-refractivity contribution is 5.89. The molecule has 0 aliphatic heterocycles. The summed E-state index contributed by atoms with van der Waals surface area (Å²) in [5.41, 5.74) is 1.98. The molecule has 126 valence electrons. The molecule has 1 aromatic carbocycles. The highest BCUT2D eigenvalue weighted by Crippen LogP contribution is 2.20. The van der Waals surface area contributed by atoms with E-state index < -0.39 is 5.97 Å². The van der Waals surface area contributed by atoms with Crippen molar-refractivity contribution >= 4 is 17.5 Å². The predicted octanol–water partition coefficient (Wildman–Crippen LogP) is 2.52. The number of hydrogen-bond donors (Lipinski definition) is 2. The number of carboxylic acids is 1. The lowest BCUT2D eigenvalue weighted by molar-refractivity contribution is 0.0697. The Balaban J connectivity index is 1.96. The molecule has 2 heterocycles. The zero-order valence-corrected chi connectivity index (χ0v) is 13.4. The third-order valence-corrected chi connectivity index (χ3v) is 3.25. The van der Waals surface area contributed by atoms with E-state index in [9.17, 15) is 4.79 Å². The van der Waals surface area contributed by atoms with Gasteiger partial charge in [-0.15, -0.1) is 0 Å². The maximum absolute atomic E-state index is 11.1. The van der Waals surface area contributed by atoms with E-state index in [1.165, 1.54) is 12.1 Å². The Bertz CT molecular complexity index is 886. The average molecular weight is 337 g/mol. The number of ether oxygens (including phenoxy) is 1. The largest absolute Gasteiger partial charge is 0.478 e. The van der Waals surface area contributed by atoms with Crippen LogP contribution in [0.5, 0.6) is 0 Å². The van der Waals surface area contributed by atoms with E-state index in [-0.39, 0.29) is 5.56 Å². The van der Waals surface area contributed by atoms with Crippen LogP contribution in [0, 0.1) is 0 Å². The second kappa shape index (κ2) is 7.45. The fraction of sp³-hybridized carbons (Fsp3) is 0.118. The average Bonchev–Trinajstić information content (AvgIpc) is 2.63. The Morgan fingerprint density at radius 1 is 1.24 bits per heavy atom. The van der Waals surface area contributed by atoms with Gasteiger partial charge >= 0.3 is 5.97 Å². The minimum atomic E-state index is -0.994. The molecule has 0 spiro atoms. The minimum absolute atomic E-state index is 0.185. The first kappa shape index (κ1) is 16.5. The molecule has 0 aliphatic rings. The van der Waals surface area contributed by atoms with Crippen LogP contribution in [0.2, 0.25) is 0 Å². The molecule has 2 aromatic heterocycles. The van der Waals surface area contributed by atoms with Gasteiger partial charge in [0.05, 0.1) is 24.1 Å². The number of hydrogen-bond acceptors (Lipinski definition) is 7. The normalized spacial score (nSPS) is 10.4. The van der Waals surface area contributed by atoms with Crippen molar-refractivity contribution < 1.29 is 14.6 Å². The number of aromatic nitrogens is 4. The Kier molecular flexibility index (Phi) is 4.91. The van der Waals surface area contributed by atoms with Gasteiger partial charge in [0.1, 0.15) is 11.5 Å². The number of rotatable bonds is 6. The summed E-state index contributed by atoms with van der Waals surface area (Å²) < 4.78 is 5.14. The fourth-order valence-electron chi connectivity index (χ4n) is 2.19. The van der Waals surface area contributed by atoms with Crippen molar-refractivity contribution in [2.45, 2.75) is 6.61 Å². The topological polar surface area (TPSA) is 110 Å². The summed E-state index contributed by atoms with van der Waals surface area (Å²) >= 11 is 0. The molecule has 3 aromatic rings. The van der Waals surface area contributed by atoms with Crippen molar-refractivity contribution in [2.75, 3.05) is 12.4 Å². The van der Waals surface area contributed by atoms with Crippen molar-refractivity contribution in [2.24, 2.45) is 0 Å². The Labute approximate surface area is 143 Å². The monoisotopic (exact) mass is 337 g/mol. The van der Waals surface area contributed by atoms with Gasteiger partial charge in [0.25, 0.3) is 0 Å². The molecule has 0 amide bonds. The van der Waals surface area contributed by atoms with E-state index in [0.29, 0.717) is 35.3 Å². The number of anilines is 2. The van der Waals surface area contributed by atoms with Gasteiger partial charge < -0.3 is 15.2 Å². The summed E-state index contributed by atoms with van der Waals surface area (Å²) in [6, 6.07) is 8.20. The molecule has 8 nitrogen and oxygen atoms in total. The van der Waals surface area contributed by atoms with Crippen molar-refractivity contribution in [1.82, 2.24) is 19.9 Å². The standard InChI is InChI=1S/C17H15N5O3/c1-25-10-13-8-15(20-12-4-2-3-11(7-12)17(23)24)22-16(21-13)14-9-18-5-6-19-14/h2-9H,10H2,1H3,(H,23,24)(H,20,21,22). The van der Waals surface area contributed by atoms with E-state index in [4.69, 9.17) is 9.84 Å². The molecular formula is C17H15N5O3. The Morgan fingerprint density at radius 3 is 2.84 bits per heavy atom. The molecule has 2 N–H and O–H groups in total. The SMILES string of the molecule is COCc1cc(Nc2cccc(C(=O)O)c2)nc(-c2cnccn2)n1. The zero-order chi connectivity index (χ0) is 17.6. The van der Waals surface area contributed by atoms with E-state index in [2.05, 4.69) is 25.3 Å². The molecule has 0 saturated carbocycles. The van der Waals surface area contributed by atoms with Gasteiger partial charge in [0.15, 0.2) is 5.82 Å². The second-order valence-corrected chi connectivity index (χ2v) is 5.10. The number of nitrogens with one attached hydrogen (secondary N) is 1. The number of nitrogens with zero attached hydrogens (tertiary/aromatic N) is 4. The lowest BCUT2D eigenvalue weighted by atomic mass is 10.2. The number of benzene rings is 1. The van der Waals surface area contributed by atoms with E-state index in [1.807, 2.05) is 0 Å². The summed E-state index contributed by atoms with van der Waals surface area (Å²) in [7, 11) is 1.58. The molecule has 0 radical (unpaired) electrons. The van der Waals surface area contributed by atoms with Gasteiger partial charge in [-0.25, -0.2) is 19.7 Å². The summed E-state index contributed by atoms with van der Waals surface area (Å²) in [5, 5.41) is 12.2. The molecule has 0 atom stereocenters. The van der Waals surface area contributed by atoms with Gasteiger partial charge in [0.2, 0.25) is 0 Å². The summed E-state index contributed by atoms with van der Waals surface area (Å²) in [6.07, 6.45) is 4.70. The third kappa shape index (κ3) is 4.12. The molecule has 0 unspecified atom stereocenters. The van der Waals surface area contributed by atoms with Crippen molar-refractivity contribution in [3.63, 3.8) is 0 Å². The molecule has 0 aliphatic carbocycles. The maximum Gasteiger partial charge on any atom is 0.335 e. The zero-order valence-electron chi connectivity index (χ0n) is 13.4. The Morgan fingerprint density at radius 2 is 2.12 bits per heavy atom. The summed E-state index contributed by atoms with van der Waals surface area (Å²) in [5.74, 6) is -0.0866. The van der Waals surface area contributed by atoms with Crippen LogP contribution in [-0.4, -0.2) is 38.1 Å². The van der Waals surface area contributed by atoms with Crippen LogP contribution in [0.3, 0.4) is 0 Å². The second-order valence-electron chi connectivity index (χ2n) is 5.10. The van der Waals surface area contributed by atoms with Crippen LogP contribution in [0.15, 0.2) is 48.9 Å². The molecule has 8 heteroatoms. The van der Waals surface area contributed by atoms with Crippen LogP contribution in [0.25, 0.3) is 11.5 Å². The van der Waals surface area contributed by atoms with Crippen LogP contribution < -0.4 is 5.32 Å². The van der Waals surface area contributed by atoms with Crippen molar-refractivity contribution in [3.8, 4) is 11.5 Å². The fourth-order valence-corrected chi connectivity index (χ4v) is 2.19. The molecule has 0 fully saturated rings. The predicted molar refractivity (Wildman–Crippen MR) is 90.5 cm³/mol. The smallest absolute Gasteiger partial charge is 0.335 e. The van der Waals surface area contributed by atoms with Crippen LogP contribution in [0.4, 0.5) is 11.5 Å². The molecular weight excluding hydrogens is 322 g/mol. The Hall–Kier alpha value is -3.39. The first-order valence-electron chi connectivity index (χ1n) is 7.39. The first-order chi connectivity index (χ1) is 12.2. The van der Waals surface area contributed by atoms with Gasteiger partial charge in [-0.05, 0) is 18.2 Å². The molecule has 25 heavy (non-hydrogen) atoms. The van der Waals surface area contributed by atoms with Gasteiger partial charge in [0, 0.05) is 31.3 Å². The number of carbonyl (C=O) groups is 1. The van der Waals surface area contributed by atoms with Crippen molar-refractivity contribution in [3.05, 3.63) is 60.2 Å². The summed E-state index contributed by atoms with van der Waals surface area (Å²) in [6.45, 7) is 0.305. The van der Waals surface area contributed by atoms with E-state index >= 15 is 0 Å². The summed E-state index contributed by atoms with van der Waals surface area (Å²) in [4.78, 5) is 28.2. The van der Waals surface area contributed by atoms with Gasteiger partial charge in [-0.1, -0.05) is 6.07 Å². The number of methoxy groups -OCH3 is 1. The number of aromatic carboxylic acids is 1. The van der Waals surface area contributed by atoms with Crippen LogP contribution in [-0.2, 0) is 11.3 Å². The lowest BCUT2D eigenvalue weighted by Gasteiger charge is -2.10. The minimum Gasteiger partial charge on any atom is -0.478 e. The van der Waals surface area contributed by atoms with Crippen LogP contribution in [0.1, 0.15) is 16.1 Å². The van der Waals surface area contributed by atoms with Gasteiger partial charge in [-0.2, -0.15) is 0 Å². The van der Waals surface area contributed by atoms with E-state index in [0.717, 1.165) is 0 Å². The number of carboxylic acid groups (broad SMARTS) is 1. The van der Waals surface area contributed by atoms with Crippen molar-refractivity contribution in [1.29, 1.82) is 0 Å². The van der Waals surface area contributed by atoms with Gasteiger partial charge in [-0.3, -0.25) is 4.98 Å². The first-order valence-corrected chi connectivity index (χ1v) is 7.39. The highest BCUT2D eigenvalue weighted by Gasteiger charge is 2.10.